The molecule has 1 aliphatic heterocycles. The topological polar surface area (TPSA) is 75.4 Å². The maximum Gasteiger partial charge on any atom is 0.269 e. The number of hydrogen-bond acceptors (Lipinski definition) is 4. The van der Waals surface area contributed by atoms with Crippen LogP contribution in [0.25, 0.3) is 0 Å². The van der Waals surface area contributed by atoms with Crippen molar-refractivity contribution >= 4 is 5.91 Å². The summed E-state index contributed by atoms with van der Waals surface area (Å²) in [7, 11) is 0. The van der Waals surface area contributed by atoms with E-state index in [9.17, 15) is 14.7 Å². The Morgan fingerprint density at radius 2 is 2.00 bits per heavy atom. The summed E-state index contributed by atoms with van der Waals surface area (Å²) < 4.78 is 1.55. The van der Waals surface area contributed by atoms with Crippen molar-refractivity contribution in [3.05, 3.63) is 28.4 Å². The summed E-state index contributed by atoms with van der Waals surface area (Å²) in [6.07, 6.45) is 10.9. The number of carbonyl (C=O) groups is 1. The van der Waals surface area contributed by atoms with Crippen LogP contribution in [-0.4, -0.2) is 44.2 Å². The van der Waals surface area contributed by atoms with Crippen LogP contribution in [0, 0.1) is 24.2 Å². The Hall–Kier alpha value is -1.69. The quantitative estimate of drug-likeness (QED) is 0.819. The van der Waals surface area contributed by atoms with Gasteiger partial charge in [0.15, 0.2) is 0 Å². The summed E-state index contributed by atoms with van der Waals surface area (Å²) in [5.74, 6) is 0.924. The third-order valence-electron chi connectivity index (χ3n) is 7.22. The van der Waals surface area contributed by atoms with Crippen LogP contribution in [0.1, 0.15) is 71.4 Å². The van der Waals surface area contributed by atoms with Gasteiger partial charge in [0.1, 0.15) is 0 Å². The second-order valence-corrected chi connectivity index (χ2v) is 10.1. The number of aliphatic hydroxyl groups is 1. The smallest absolute Gasteiger partial charge is 0.269 e. The average Bonchev–Trinajstić information content (AvgIpc) is 2.67. The van der Waals surface area contributed by atoms with Gasteiger partial charge in [0.25, 0.3) is 5.56 Å². The van der Waals surface area contributed by atoms with E-state index in [1.54, 1.807) is 10.8 Å². The number of rotatable bonds is 5. The fourth-order valence-corrected chi connectivity index (χ4v) is 5.14. The molecule has 1 N–H and O–H groups in total. The van der Waals surface area contributed by atoms with E-state index in [0.29, 0.717) is 25.4 Å². The molecule has 1 aromatic heterocycles. The Morgan fingerprint density at radius 1 is 1.31 bits per heavy atom. The van der Waals surface area contributed by atoms with Crippen LogP contribution in [0.15, 0.2) is 17.2 Å². The number of amides is 1. The molecule has 1 amide bonds. The minimum Gasteiger partial charge on any atom is -0.387 e. The molecule has 6 heteroatoms. The third-order valence-corrected chi connectivity index (χ3v) is 7.22. The minimum atomic E-state index is -1.05. The van der Waals surface area contributed by atoms with Gasteiger partial charge in [-0.25, -0.2) is 0 Å². The molecule has 1 aliphatic carbocycles. The largest absolute Gasteiger partial charge is 0.387 e. The van der Waals surface area contributed by atoms with Gasteiger partial charge in [-0.15, -0.1) is 0 Å². The lowest BCUT2D eigenvalue weighted by molar-refractivity contribution is -0.157. The van der Waals surface area contributed by atoms with Gasteiger partial charge in [-0.2, -0.15) is 0 Å². The van der Waals surface area contributed by atoms with Crippen molar-refractivity contribution < 1.29 is 9.90 Å². The Morgan fingerprint density at radius 3 is 2.66 bits per heavy atom. The number of nitrogens with zero attached hydrogens (tertiary/aromatic N) is 3. The summed E-state index contributed by atoms with van der Waals surface area (Å²) in [5, 5.41) is 11.4. The molecule has 29 heavy (non-hydrogen) atoms. The Bertz CT molecular complexity index is 782. The van der Waals surface area contributed by atoms with E-state index in [1.807, 2.05) is 25.7 Å². The second kappa shape index (κ2) is 8.58. The second-order valence-electron chi connectivity index (χ2n) is 10.1. The molecule has 2 atom stereocenters. The van der Waals surface area contributed by atoms with E-state index in [2.05, 4.69) is 11.9 Å². The molecule has 1 saturated heterocycles. The molecule has 0 radical (unpaired) electrons. The van der Waals surface area contributed by atoms with Gasteiger partial charge in [0, 0.05) is 30.6 Å². The molecule has 0 bridgehead atoms. The van der Waals surface area contributed by atoms with Crippen LogP contribution in [-0.2, 0) is 11.3 Å². The number of aryl methyl sites for hydroxylation is 1. The van der Waals surface area contributed by atoms with Crippen molar-refractivity contribution in [1.29, 1.82) is 0 Å². The lowest BCUT2D eigenvalue weighted by Crippen LogP contribution is -2.61. The highest BCUT2D eigenvalue weighted by atomic mass is 16.3. The minimum absolute atomic E-state index is 0.0329. The van der Waals surface area contributed by atoms with E-state index in [4.69, 9.17) is 0 Å². The Labute approximate surface area is 174 Å². The SMILES string of the molecule is Cc1cn(CC2(O)CCN(C(=O)C(C)CC3CCCCC3)CC2(C)C)c(=O)cn1. The van der Waals surface area contributed by atoms with Crippen LogP contribution in [0.3, 0.4) is 0 Å². The van der Waals surface area contributed by atoms with E-state index in [0.717, 1.165) is 12.1 Å². The first-order valence-corrected chi connectivity index (χ1v) is 11.2. The summed E-state index contributed by atoms with van der Waals surface area (Å²) >= 11 is 0. The van der Waals surface area contributed by atoms with Gasteiger partial charge in [-0.1, -0.05) is 52.9 Å². The van der Waals surface area contributed by atoms with Gasteiger partial charge in [-0.05, 0) is 25.7 Å². The Balaban J connectivity index is 1.66. The number of piperidine rings is 1. The normalized spacial score (nSPS) is 26.3. The highest BCUT2D eigenvalue weighted by Crippen LogP contribution is 2.40. The first-order chi connectivity index (χ1) is 13.6. The zero-order valence-electron chi connectivity index (χ0n) is 18.5. The van der Waals surface area contributed by atoms with Crippen molar-refractivity contribution in [2.45, 2.75) is 84.8 Å². The van der Waals surface area contributed by atoms with Crippen molar-refractivity contribution in [3.63, 3.8) is 0 Å². The molecule has 2 heterocycles. The van der Waals surface area contributed by atoms with E-state index in [1.165, 1.54) is 38.3 Å². The number of likely N-dealkylation sites (tertiary alicyclic amines) is 1. The standard InChI is InChI=1S/C23H37N3O3/c1-17(12-19-8-6-5-7-9-19)21(28)25-11-10-23(29,22(3,4)15-25)16-26-14-18(2)24-13-20(26)27/h13-14,17,19,29H,5-12,15-16H2,1-4H3. The van der Waals surface area contributed by atoms with Gasteiger partial charge >= 0.3 is 0 Å². The lowest BCUT2D eigenvalue weighted by Gasteiger charge is -2.51. The van der Waals surface area contributed by atoms with Gasteiger partial charge in [-0.3, -0.25) is 14.6 Å². The Kier molecular flexibility index (Phi) is 6.51. The van der Waals surface area contributed by atoms with E-state index in [-0.39, 0.29) is 23.9 Å². The third kappa shape index (κ3) is 4.90. The molecule has 6 nitrogen and oxygen atoms in total. The number of carbonyl (C=O) groups excluding carboxylic acids is 1. The fraction of sp³-hybridized carbons (Fsp3) is 0.783. The van der Waals surface area contributed by atoms with Crippen LogP contribution in [0.4, 0.5) is 0 Å². The monoisotopic (exact) mass is 403 g/mol. The van der Waals surface area contributed by atoms with Crippen molar-refractivity contribution in [2.75, 3.05) is 13.1 Å². The molecule has 1 saturated carbocycles. The highest BCUT2D eigenvalue weighted by Gasteiger charge is 2.49. The van der Waals surface area contributed by atoms with Crippen LogP contribution in [0.5, 0.6) is 0 Å². The fourth-order valence-electron chi connectivity index (χ4n) is 5.14. The molecular formula is C23H37N3O3. The maximum atomic E-state index is 13.1. The zero-order valence-corrected chi connectivity index (χ0v) is 18.5. The van der Waals surface area contributed by atoms with Crippen LogP contribution >= 0.6 is 0 Å². The summed E-state index contributed by atoms with van der Waals surface area (Å²) in [5.41, 5.74) is -1.02. The molecule has 3 rings (SSSR count). The van der Waals surface area contributed by atoms with Gasteiger partial charge in [0.2, 0.25) is 5.91 Å². The predicted molar refractivity (Wildman–Crippen MR) is 114 cm³/mol. The molecule has 2 fully saturated rings. The summed E-state index contributed by atoms with van der Waals surface area (Å²) in [4.78, 5) is 31.2. The molecule has 0 aromatic carbocycles. The maximum absolute atomic E-state index is 13.1. The first kappa shape index (κ1) is 22.0. The van der Waals surface area contributed by atoms with E-state index < -0.39 is 11.0 Å². The first-order valence-electron chi connectivity index (χ1n) is 11.2. The molecular weight excluding hydrogens is 366 g/mol. The van der Waals surface area contributed by atoms with Gasteiger partial charge in [0.05, 0.1) is 24.0 Å². The lowest BCUT2D eigenvalue weighted by atomic mass is 9.69. The van der Waals surface area contributed by atoms with Crippen molar-refractivity contribution in [2.24, 2.45) is 17.3 Å². The molecule has 0 spiro atoms. The summed E-state index contributed by atoms with van der Waals surface area (Å²) in [6.45, 7) is 9.16. The predicted octanol–water partition coefficient (Wildman–Crippen LogP) is 3.15. The molecule has 162 valence electrons. The number of aromatic nitrogens is 2. The highest BCUT2D eigenvalue weighted by molar-refractivity contribution is 5.78. The molecule has 2 unspecified atom stereocenters. The number of hydrogen-bond donors (Lipinski definition) is 1. The summed E-state index contributed by atoms with van der Waals surface area (Å²) in [6, 6.07) is 0. The average molecular weight is 404 g/mol. The van der Waals surface area contributed by atoms with Gasteiger partial charge < -0.3 is 14.6 Å². The van der Waals surface area contributed by atoms with Crippen LogP contribution < -0.4 is 5.56 Å². The molecule has 1 aromatic rings. The molecule has 2 aliphatic rings. The van der Waals surface area contributed by atoms with Crippen molar-refractivity contribution in [3.8, 4) is 0 Å². The van der Waals surface area contributed by atoms with Crippen LogP contribution in [0.2, 0.25) is 0 Å². The zero-order chi connectivity index (χ0) is 21.2. The van der Waals surface area contributed by atoms with Crippen molar-refractivity contribution in [1.82, 2.24) is 14.5 Å². The van der Waals surface area contributed by atoms with E-state index >= 15 is 0 Å².